The van der Waals surface area contributed by atoms with Gasteiger partial charge in [-0.1, -0.05) is 23.7 Å². The Morgan fingerprint density at radius 3 is 2.43 bits per heavy atom. The van der Waals surface area contributed by atoms with E-state index in [0.717, 1.165) is 5.56 Å². The average Bonchev–Trinajstić information content (AvgIpc) is 2.91. The van der Waals surface area contributed by atoms with Crippen molar-refractivity contribution < 1.29 is 23.9 Å². The minimum atomic E-state index is -0.680. The molecule has 2 aliphatic heterocycles. The van der Waals surface area contributed by atoms with Crippen LogP contribution in [0.4, 0.5) is 4.79 Å². The summed E-state index contributed by atoms with van der Waals surface area (Å²) >= 11 is 5.95. The van der Waals surface area contributed by atoms with Crippen LogP contribution in [-0.4, -0.2) is 86.1 Å². The zero-order valence-corrected chi connectivity index (χ0v) is 22.0. The first-order chi connectivity index (χ1) is 17.8. The molecule has 2 aliphatic rings. The number of amides is 3. The molecule has 9 nitrogen and oxygen atoms in total. The van der Waals surface area contributed by atoms with Gasteiger partial charge in [0.1, 0.15) is 5.75 Å². The van der Waals surface area contributed by atoms with E-state index in [0.29, 0.717) is 60.3 Å². The Kier molecular flexibility index (Phi) is 8.35. The van der Waals surface area contributed by atoms with Gasteiger partial charge in [0.2, 0.25) is 0 Å². The third-order valence-corrected chi connectivity index (χ3v) is 6.88. The second-order valence-electron chi connectivity index (χ2n) is 8.87. The molecule has 10 heteroatoms. The van der Waals surface area contributed by atoms with Crippen molar-refractivity contribution in [2.24, 2.45) is 0 Å². The van der Waals surface area contributed by atoms with E-state index in [-0.39, 0.29) is 18.5 Å². The van der Waals surface area contributed by atoms with Crippen LogP contribution in [0, 0.1) is 0 Å². The number of carbonyl (C=O) groups excluding carboxylic acids is 3. The van der Waals surface area contributed by atoms with Gasteiger partial charge in [0.15, 0.2) is 0 Å². The summed E-state index contributed by atoms with van der Waals surface area (Å²) in [6, 6.07) is 13.1. The maximum absolute atomic E-state index is 13.2. The molecule has 0 spiro atoms. The molecule has 0 aliphatic carbocycles. The van der Waals surface area contributed by atoms with Crippen molar-refractivity contribution >= 4 is 29.5 Å². The molecule has 196 valence electrons. The summed E-state index contributed by atoms with van der Waals surface area (Å²) in [5.41, 5.74) is 2.28. The van der Waals surface area contributed by atoms with Crippen molar-refractivity contribution in [1.29, 1.82) is 0 Å². The van der Waals surface area contributed by atoms with Crippen molar-refractivity contribution in [3.05, 3.63) is 76.0 Å². The molecular formula is C27H31ClN4O5. The summed E-state index contributed by atoms with van der Waals surface area (Å²) in [5, 5.41) is 3.51. The Hall–Kier alpha value is -3.56. The van der Waals surface area contributed by atoms with Gasteiger partial charge < -0.3 is 19.7 Å². The molecule has 2 heterocycles. The fourth-order valence-electron chi connectivity index (χ4n) is 4.57. The van der Waals surface area contributed by atoms with Crippen LogP contribution in [0.15, 0.2) is 59.8 Å². The number of hydrogen-bond acceptors (Lipinski definition) is 6. The van der Waals surface area contributed by atoms with Crippen LogP contribution in [0.1, 0.15) is 28.9 Å². The molecule has 0 saturated carbocycles. The van der Waals surface area contributed by atoms with E-state index in [1.807, 2.05) is 12.1 Å². The van der Waals surface area contributed by atoms with Crippen LogP contribution in [0.3, 0.4) is 0 Å². The number of piperazine rings is 1. The van der Waals surface area contributed by atoms with E-state index >= 15 is 0 Å². The number of nitrogens with zero attached hydrogens (tertiary/aromatic N) is 3. The van der Waals surface area contributed by atoms with E-state index in [9.17, 15) is 14.4 Å². The summed E-state index contributed by atoms with van der Waals surface area (Å²) in [5.74, 6) is 0.0978. The van der Waals surface area contributed by atoms with Crippen molar-refractivity contribution in [3.8, 4) is 5.75 Å². The second-order valence-corrected chi connectivity index (χ2v) is 9.31. The molecule has 2 aromatic carbocycles. The Labute approximate surface area is 221 Å². The molecule has 4 rings (SSSR count). The van der Waals surface area contributed by atoms with Gasteiger partial charge >= 0.3 is 12.0 Å². The largest absolute Gasteiger partial charge is 0.497 e. The first-order valence-corrected chi connectivity index (χ1v) is 12.6. The molecule has 1 atom stereocenters. The maximum Gasteiger partial charge on any atom is 0.338 e. The number of carbonyl (C=O) groups is 3. The van der Waals surface area contributed by atoms with Gasteiger partial charge in [0.05, 0.1) is 25.3 Å². The summed E-state index contributed by atoms with van der Waals surface area (Å²) < 4.78 is 10.8. The molecule has 1 fully saturated rings. The first kappa shape index (κ1) is 26.5. The van der Waals surface area contributed by atoms with Gasteiger partial charge in [-0.05, 0) is 48.9 Å². The van der Waals surface area contributed by atoms with Crippen LogP contribution in [0.5, 0.6) is 5.75 Å². The highest BCUT2D eigenvalue weighted by Crippen LogP contribution is 2.33. The fourth-order valence-corrected chi connectivity index (χ4v) is 4.69. The molecular weight excluding hydrogens is 496 g/mol. The number of methoxy groups -OCH3 is 1. The Balaban J connectivity index is 1.57. The van der Waals surface area contributed by atoms with Crippen molar-refractivity contribution in [3.63, 3.8) is 0 Å². The lowest BCUT2D eigenvalue weighted by molar-refractivity contribution is -0.139. The van der Waals surface area contributed by atoms with E-state index < -0.39 is 12.0 Å². The van der Waals surface area contributed by atoms with Crippen LogP contribution >= 0.6 is 11.6 Å². The standard InChI is InChI=1S/C27H31ClN4O5/c1-4-37-26(34)23-22(30(2)27(35)29-24(23)19-6-5-7-21(16-19)36-3)17-31-12-14-32(15-13-31)25(33)18-8-10-20(28)11-9-18/h5-11,16,24H,4,12-15,17H2,1-3H3,(H,29,35). The summed E-state index contributed by atoms with van der Waals surface area (Å²) in [4.78, 5) is 44.4. The van der Waals surface area contributed by atoms with Crippen LogP contribution in [-0.2, 0) is 9.53 Å². The monoisotopic (exact) mass is 526 g/mol. The number of benzene rings is 2. The predicted molar refractivity (Wildman–Crippen MR) is 139 cm³/mol. The van der Waals surface area contributed by atoms with E-state index in [1.54, 1.807) is 62.4 Å². The molecule has 0 radical (unpaired) electrons. The van der Waals surface area contributed by atoms with Crippen molar-refractivity contribution in [2.45, 2.75) is 13.0 Å². The zero-order chi connectivity index (χ0) is 26.5. The van der Waals surface area contributed by atoms with Crippen LogP contribution in [0.25, 0.3) is 0 Å². The van der Waals surface area contributed by atoms with Crippen LogP contribution < -0.4 is 10.1 Å². The average molecular weight is 527 g/mol. The van der Waals surface area contributed by atoms with Gasteiger partial charge in [0.25, 0.3) is 5.91 Å². The lowest BCUT2D eigenvalue weighted by atomic mass is 9.94. The third-order valence-electron chi connectivity index (χ3n) is 6.62. The molecule has 1 N–H and O–H groups in total. The molecule has 37 heavy (non-hydrogen) atoms. The SMILES string of the molecule is CCOC(=O)C1=C(CN2CCN(C(=O)c3ccc(Cl)cc3)CC2)N(C)C(=O)NC1c1cccc(OC)c1. The lowest BCUT2D eigenvalue weighted by Gasteiger charge is -2.39. The van der Waals surface area contributed by atoms with Crippen LogP contribution in [0.2, 0.25) is 5.02 Å². The quantitative estimate of drug-likeness (QED) is 0.557. The van der Waals surface area contributed by atoms with Gasteiger partial charge in [0, 0.05) is 56.1 Å². The predicted octanol–water partition coefficient (Wildman–Crippen LogP) is 3.32. The molecule has 0 aromatic heterocycles. The highest BCUT2D eigenvalue weighted by molar-refractivity contribution is 6.30. The number of nitrogens with one attached hydrogen (secondary N) is 1. The second kappa shape index (κ2) is 11.7. The Morgan fingerprint density at radius 2 is 1.78 bits per heavy atom. The fraction of sp³-hybridized carbons (Fsp3) is 0.370. The minimum Gasteiger partial charge on any atom is -0.497 e. The number of likely N-dealkylation sites (N-methyl/N-ethyl adjacent to an activating group) is 1. The molecule has 0 bridgehead atoms. The highest BCUT2D eigenvalue weighted by Gasteiger charge is 2.38. The first-order valence-electron chi connectivity index (χ1n) is 12.2. The van der Waals surface area contributed by atoms with Gasteiger partial charge in [-0.15, -0.1) is 0 Å². The Morgan fingerprint density at radius 1 is 1.08 bits per heavy atom. The lowest BCUT2D eigenvalue weighted by Crippen LogP contribution is -2.53. The van der Waals surface area contributed by atoms with E-state index in [4.69, 9.17) is 21.1 Å². The van der Waals surface area contributed by atoms with E-state index in [1.165, 1.54) is 4.90 Å². The van der Waals surface area contributed by atoms with Gasteiger partial charge in [-0.3, -0.25) is 14.6 Å². The molecule has 1 unspecified atom stereocenters. The molecule has 1 saturated heterocycles. The number of urea groups is 1. The number of esters is 1. The zero-order valence-electron chi connectivity index (χ0n) is 21.2. The van der Waals surface area contributed by atoms with Gasteiger partial charge in [-0.25, -0.2) is 9.59 Å². The summed E-state index contributed by atoms with van der Waals surface area (Å²) in [7, 11) is 3.21. The Bertz CT molecular complexity index is 1190. The third kappa shape index (κ3) is 5.89. The summed E-state index contributed by atoms with van der Waals surface area (Å²) in [6.45, 7) is 4.57. The number of ether oxygens (including phenoxy) is 2. The molecule has 3 amide bonds. The number of rotatable bonds is 7. The topological polar surface area (TPSA) is 91.4 Å². The van der Waals surface area contributed by atoms with Crippen molar-refractivity contribution in [1.82, 2.24) is 20.0 Å². The maximum atomic E-state index is 13.2. The summed E-state index contributed by atoms with van der Waals surface area (Å²) in [6.07, 6.45) is 0. The number of hydrogen-bond donors (Lipinski definition) is 1. The van der Waals surface area contributed by atoms with E-state index in [2.05, 4.69) is 10.2 Å². The number of halogens is 1. The normalized spacial score (nSPS) is 18.5. The minimum absolute atomic E-state index is 0.0463. The highest BCUT2D eigenvalue weighted by atomic mass is 35.5. The van der Waals surface area contributed by atoms with Gasteiger partial charge in [-0.2, -0.15) is 0 Å². The smallest absolute Gasteiger partial charge is 0.338 e. The molecule has 2 aromatic rings. The van der Waals surface area contributed by atoms with Crippen molar-refractivity contribution in [2.75, 3.05) is 53.5 Å².